The zero-order chi connectivity index (χ0) is 12.8. The van der Waals surface area contributed by atoms with Crippen molar-refractivity contribution in [3.63, 3.8) is 0 Å². The zero-order valence-electron chi connectivity index (χ0n) is 12.1. The zero-order valence-corrected chi connectivity index (χ0v) is 12.1. The summed E-state index contributed by atoms with van der Waals surface area (Å²) in [6.45, 7) is 6.04. The maximum Gasteiger partial charge on any atom is -0.0233 e. The lowest BCUT2D eigenvalue weighted by atomic mass is 9.69. The van der Waals surface area contributed by atoms with E-state index in [0.29, 0.717) is 0 Å². The predicted molar refractivity (Wildman–Crippen MR) is 80.5 cm³/mol. The largest absolute Gasteiger partial charge is 0.103 e. The van der Waals surface area contributed by atoms with Crippen molar-refractivity contribution in [2.75, 3.05) is 0 Å². The Morgan fingerprint density at radius 3 is 1.94 bits per heavy atom. The SMILES string of the molecule is C=CCC1CCC(C2CCC(C=CC)CC2)CC1. The normalized spacial score (nSPS) is 37.8. The van der Waals surface area contributed by atoms with Crippen LogP contribution in [-0.2, 0) is 0 Å². The van der Waals surface area contributed by atoms with Gasteiger partial charge in [-0.25, -0.2) is 0 Å². The van der Waals surface area contributed by atoms with E-state index in [4.69, 9.17) is 0 Å². The molecule has 102 valence electrons. The van der Waals surface area contributed by atoms with E-state index in [2.05, 4.69) is 31.7 Å². The lowest BCUT2D eigenvalue weighted by molar-refractivity contribution is 0.156. The van der Waals surface area contributed by atoms with Crippen LogP contribution >= 0.6 is 0 Å². The van der Waals surface area contributed by atoms with Crippen molar-refractivity contribution in [1.82, 2.24) is 0 Å². The van der Waals surface area contributed by atoms with Crippen LogP contribution in [0, 0.1) is 23.7 Å². The van der Waals surface area contributed by atoms with E-state index >= 15 is 0 Å². The van der Waals surface area contributed by atoms with Crippen LogP contribution in [-0.4, -0.2) is 0 Å². The third-order valence-electron chi connectivity index (χ3n) is 5.34. The molecule has 2 saturated carbocycles. The van der Waals surface area contributed by atoms with E-state index in [9.17, 15) is 0 Å². The van der Waals surface area contributed by atoms with Crippen LogP contribution in [0.3, 0.4) is 0 Å². The van der Waals surface area contributed by atoms with Crippen molar-refractivity contribution in [2.45, 2.75) is 64.7 Å². The first kappa shape index (κ1) is 13.9. The lowest BCUT2D eigenvalue weighted by Crippen LogP contribution is -2.25. The highest BCUT2D eigenvalue weighted by Gasteiger charge is 2.29. The lowest BCUT2D eigenvalue weighted by Gasteiger charge is -2.37. The molecule has 0 aromatic rings. The molecule has 0 amide bonds. The van der Waals surface area contributed by atoms with Crippen LogP contribution in [0.1, 0.15) is 64.7 Å². The summed E-state index contributed by atoms with van der Waals surface area (Å²) in [6, 6.07) is 0. The van der Waals surface area contributed by atoms with Crippen molar-refractivity contribution in [1.29, 1.82) is 0 Å². The average molecular weight is 246 g/mol. The molecule has 0 nitrogen and oxygen atoms in total. The van der Waals surface area contributed by atoms with Crippen LogP contribution in [0.25, 0.3) is 0 Å². The standard InChI is InChI=1S/C18H30/c1-3-5-15-7-11-17(12-8-15)18-13-9-16(6-4-2)10-14-18/h3-4,6,15-18H,1,5,7-14H2,2H3. The van der Waals surface area contributed by atoms with Crippen molar-refractivity contribution >= 4 is 0 Å². The third-order valence-corrected chi connectivity index (χ3v) is 5.34. The molecule has 0 radical (unpaired) electrons. The summed E-state index contributed by atoms with van der Waals surface area (Å²) in [5, 5.41) is 0. The topological polar surface area (TPSA) is 0 Å². The first-order valence-corrected chi connectivity index (χ1v) is 8.07. The predicted octanol–water partition coefficient (Wildman–Crippen LogP) is 5.75. The monoisotopic (exact) mass is 246 g/mol. The summed E-state index contributed by atoms with van der Waals surface area (Å²) >= 11 is 0. The quantitative estimate of drug-likeness (QED) is 0.554. The van der Waals surface area contributed by atoms with Gasteiger partial charge in [0.2, 0.25) is 0 Å². The molecular formula is C18H30. The van der Waals surface area contributed by atoms with Gasteiger partial charge < -0.3 is 0 Å². The van der Waals surface area contributed by atoms with Gasteiger partial charge in [-0.3, -0.25) is 0 Å². The van der Waals surface area contributed by atoms with Gasteiger partial charge in [0.15, 0.2) is 0 Å². The first-order valence-electron chi connectivity index (χ1n) is 8.07. The van der Waals surface area contributed by atoms with Crippen molar-refractivity contribution in [3.8, 4) is 0 Å². The Balaban J connectivity index is 1.72. The Morgan fingerprint density at radius 2 is 1.44 bits per heavy atom. The van der Waals surface area contributed by atoms with Crippen molar-refractivity contribution in [2.24, 2.45) is 23.7 Å². The average Bonchev–Trinajstić information content (AvgIpc) is 2.41. The van der Waals surface area contributed by atoms with Crippen LogP contribution in [0.2, 0.25) is 0 Å². The fraction of sp³-hybridized carbons (Fsp3) is 0.778. The molecule has 0 aromatic carbocycles. The molecule has 2 aliphatic rings. The summed E-state index contributed by atoms with van der Waals surface area (Å²) in [5.41, 5.74) is 0. The number of allylic oxidation sites excluding steroid dienone is 3. The smallest absolute Gasteiger partial charge is 0.0233 e. The van der Waals surface area contributed by atoms with Gasteiger partial charge in [0.1, 0.15) is 0 Å². The second kappa shape index (κ2) is 7.16. The van der Waals surface area contributed by atoms with Crippen molar-refractivity contribution < 1.29 is 0 Å². The third kappa shape index (κ3) is 3.73. The highest BCUT2D eigenvalue weighted by Crippen LogP contribution is 2.42. The molecule has 2 fully saturated rings. The number of hydrogen-bond acceptors (Lipinski definition) is 0. The molecule has 0 spiro atoms. The van der Waals surface area contributed by atoms with Gasteiger partial charge in [-0.1, -0.05) is 18.2 Å². The molecule has 0 aliphatic heterocycles. The molecule has 0 unspecified atom stereocenters. The fourth-order valence-corrected chi connectivity index (χ4v) is 4.21. The summed E-state index contributed by atoms with van der Waals surface area (Å²) in [4.78, 5) is 0. The van der Waals surface area contributed by atoms with Gasteiger partial charge in [0.05, 0.1) is 0 Å². The molecular weight excluding hydrogens is 216 g/mol. The summed E-state index contributed by atoms with van der Waals surface area (Å²) in [5.74, 6) is 3.95. The minimum absolute atomic E-state index is 0.892. The van der Waals surface area contributed by atoms with Crippen LogP contribution in [0.4, 0.5) is 0 Å². The highest BCUT2D eigenvalue weighted by atomic mass is 14.3. The molecule has 0 saturated heterocycles. The molecule has 0 atom stereocenters. The Labute approximate surface area is 114 Å². The van der Waals surface area contributed by atoms with Gasteiger partial charge in [-0.2, -0.15) is 0 Å². The summed E-state index contributed by atoms with van der Waals surface area (Å²) < 4.78 is 0. The summed E-state index contributed by atoms with van der Waals surface area (Å²) in [6.07, 6.45) is 19.8. The molecule has 0 heterocycles. The van der Waals surface area contributed by atoms with E-state index in [1.54, 1.807) is 0 Å². The molecule has 18 heavy (non-hydrogen) atoms. The number of hydrogen-bond donors (Lipinski definition) is 0. The van der Waals surface area contributed by atoms with Crippen LogP contribution in [0.15, 0.2) is 24.8 Å². The van der Waals surface area contributed by atoms with Gasteiger partial charge in [0.25, 0.3) is 0 Å². The van der Waals surface area contributed by atoms with Crippen LogP contribution < -0.4 is 0 Å². The van der Waals surface area contributed by atoms with Gasteiger partial charge in [-0.15, -0.1) is 6.58 Å². The fourth-order valence-electron chi connectivity index (χ4n) is 4.21. The molecule has 2 rings (SSSR count). The Kier molecular flexibility index (Phi) is 5.53. The van der Waals surface area contributed by atoms with Crippen LogP contribution in [0.5, 0.6) is 0 Å². The molecule has 0 N–H and O–H groups in total. The Bertz CT molecular complexity index is 260. The van der Waals surface area contributed by atoms with E-state index < -0.39 is 0 Å². The first-order chi connectivity index (χ1) is 8.83. The van der Waals surface area contributed by atoms with E-state index in [0.717, 1.165) is 23.7 Å². The van der Waals surface area contributed by atoms with E-state index in [1.807, 2.05) is 0 Å². The minimum Gasteiger partial charge on any atom is -0.103 e. The molecule has 0 aromatic heterocycles. The Morgan fingerprint density at radius 1 is 0.889 bits per heavy atom. The maximum absolute atomic E-state index is 3.88. The second-order valence-corrected chi connectivity index (χ2v) is 6.51. The van der Waals surface area contributed by atoms with Gasteiger partial charge in [0, 0.05) is 0 Å². The highest BCUT2D eigenvalue weighted by molar-refractivity contribution is 4.91. The molecule has 2 aliphatic carbocycles. The second-order valence-electron chi connectivity index (χ2n) is 6.51. The van der Waals surface area contributed by atoms with Gasteiger partial charge >= 0.3 is 0 Å². The van der Waals surface area contributed by atoms with Gasteiger partial charge in [-0.05, 0) is 88.4 Å². The molecule has 0 bridgehead atoms. The van der Waals surface area contributed by atoms with E-state index in [1.165, 1.54) is 57.8 Å². The Hall–Kier alpha value is -0.520. The van der Waals surface area contributed by atoms with Crippen molar-refractivity contribution in [3.05, 3.63) is 24.8 Å². The maximum atomic E-state index is 3.88. The minimum atomic E-state index is 0.892. The molecule has 0 heteroatoms. The number of rotatable bonds is 4. The summed E-state index contributed by atoms with van der Waals surface area (Å²) in [7, 11) is 0. The van der Waals surface area contributed by atoms with E-state index in [-0.39, 0.29) is 0 Å².